The summed E-state index contributed by atoms with van der Waals surface area (Å²) in [5, 5.41) is 6.34. The Morgan fingerprint density at radius 1 is 1.00 bits per heavy atom. The number of benzene rings is 2. The monoisotopic (exact) mass is 342 g/mol. The van der Waals surface area contributed by atoms with Crippen molar-refractivity contribution in [3.8, 4) is 0 Å². The van der Waals surface area contributed by atoms with Gasteiger partial charge >= 0.3 is 0 Å². The second-order valence-electron chi connectivity index (χ2n) is 6.15. The lowest BCUT2D eigenvalue weighted by molar-refractivity contribution is -0.125. The number of nitrogens with one attached hydrogen (secondary N) is 2. The fraction of sp³-hybridized carbons (Fsp3) is 0.263. The van der Waals surface area contributed by atoms with Crippen LogP contribution in [0.2, 0.25) is 5.02 Å². The quantitative estimate of drug-likeness (QED) is 0.873. The molecule has 0 aliphatic heterocycles. The molecule has 1 saturated carbocycles. The van der Waals surface area contributed by atoms with Crippen LogP contribution in [0.1, 0.15) is 17.5 Å². The number of rotatable bonds is 5. The SMILES string of the molecule is Cc1ccc(CNC(=O)C2CC2C(=O)Nc2ccc(Cl)cc2)cc1. The molecule has 0 spiro atoms. The molecule has 1 aliphatic carbocycles. The van der Waals surface area contributed by atoms with Crippen LogP contribution in [0.3, 0.4) is 0 Å². The van der Waals surface area contributed by atoms with Crippen LogP contribution in [0.15, 0.2) is 48.5 Å². The predicted octanol–water partition coefficient (Wildman–Crippen LogP) is 3.54. The molecule has 1 fully saturated rings. The van der Waals surface area contributed by atoms with Crippen LogP contribution in [0.25, 0.3) is 0 Å². The number of amides is 2. The van der Waals surface area contributed by atoms with Crippen molar-refractivity contribution in [3.63, 3.8) is 0 Å². The van der Waals surface area contributed by atoms with Gasteiger partial charge in [-0.15, -0.1) is 0 Å². The highest BCUT2D eigenvalue weighted by molar-refractivity contribution is 6.30. The van der Waals surface area contributed by atoms with E-state index in [1.165, 1.54) is 5.56 Å². The van der Waals surface area contributed by atoms with Crippen molar-refractivity contribution in [2.45, 2.75) is 19.9 Å². The average Bonchev–Trinajstić information content (AvgIpc) is 3.37. The zero-order valence-electron chi connectivity index (χ0n) is 13.4. The Bertz CT molecular complexity index is 741. The maximum absolute atomic E-state index is 12.2. The summed E-state index contributed by atoms with van der Waals surface area (Å²) in [6, 6.07) is 14.9. The molecule has 0 heterocycles. The Kier molecular flexibility index (Phi) is 4.86. The van der Waals surface area contributed by atoms with Crippen LogP contribution in [0.5, 0.6) is 0 Å². The Labute approximate surface area is 146 Å². The Morgan fingerprint density at radius 2 is 1.62 bits per heavy atom. The minimum atomic E-state index is -0.251. The van der Waals surface area contributed by atoms with Gasteiger partial charge in [0.25, 0.3) is 0 Å². The molecule has 2 N–H and O–H groups in total. The third-order valence-electron chi connectivity index (χ3n) is 4.16. The minimum Gasteiger partial charge on any atom is -0.352 e. The van der Waals surface area contributed by atoms with E-state index in [4.69, 9.17) is 11.6 Å². The van der Waals surface area contributed by atoms with E-state index in [1.807, 2.05) is 31.2 Å². The molecule has 2 unspecified atom stereocenters. The minimum absolute atomic E-state index is 0.0631. The summed E-state index contributed by atoms with van der Waals surface area (Å²) < 4.78 is 0. The summed E-state index contributed by atoms with van der Waals surface area (Å²) in [7, 11) is 0. The van der Waals surface area contributed by atoms with Crippen LogP contribution in [0, 0.1) is 18.8 Å². The van der Waals surface area contributed by atoms with Gasteiger partial charge in [-0.05, 0) is 43.2 Å². The van der Waals surface area contributed by atoms with Crippen molar-refractivity contribution in [2.24, 2.45) is 11.8 Å². The van der Waals surface area contributed by atoms with Gasteiger partial charge in [-0.3, -0.25) is 9.59 Å². The van der Waals surface area contributed by atoms with Crippen molar-refractivity contribution < 1.29 is 9.59 Å². The molecule has 24 heavy (non-hydrogen) atoms. The van der Waals surface area contributed by atoms with E-state index >= 15 is 0 Å². The van der Waals surface area contributed by atoms with Gasteiger partial charge in [-0.25, -0.2) is 0 Å². The van der Waals surface area contributed by atoms with E-state index in [0.29, 0.717) is 23.7 Å². The van der Waals surface area contributed by atoms with Gasteiger partial charge in [0.05, 0.1) is 11.8 Å². The summed E-state index contributed by atoms with van der Waals surface area (Å²) in [4.78, 5) is 24.3. The van der Waals surface area contributed by atoms with Gasteiger partial charge in [-0.2, -0.15) is 0 Å². The summed E-state index contributed by atoms with van der Waals surface area (Å²) in [6.45, 7) is 2.51. The third-order valence-corrected chi connectivity index (χ3v) is 4.42. The third kappa shape index (κ3) is 4.15. The lowest BCUT2D eigenvalue weighted by Gasteiger charge is -2.07. The Hall–Kier alpha value is -2.33. The molecular weight excluding hydrogens is 324 g/mol. The second kappa shape index (κ2) is 7.05. The molecule has 2 aromatic carbocycles. The first-order valence-corrected chi connectivity index (χ1v) is 8.30. The van der Waals surface area contributed by atoms with E-state index in [9.17, 15) is 9.59 Å². The molecular formula is C19H19ClN2O2. The number of hydrogen-bond acceptors (Lipinski definition) is 2. The highest BCUT2D eigenvalue weighted by atomic mass is 35.5. The van der Waals surface area contributed by atoms with Crippen LogP contribution >= 0.6 is 11.6 Å². The molecule has 2 aromatic rings. The summed E-state index contributed by atoms with van der Waals surface area (Å²) in [6.07, 6.45) is 0.596. The van der Waals surface area contributed by atoms with Crippen LogP contribution in [-0.4, -0.2) is 11.8 Å². The van der Waals surface area contributed by atoms with Gasteiger partial charge in [0, 0.05) is 17.3 Å². The van der Waals surface area contributed by atoms with Crippen molar-refractivity contribution in [1.82, 2.24) is 5.32 Å². The highest BCUT2D eigenvalue weighted by Gasteiger charge is 2.47. The topological polar surface area (TPSA) is 58.2 Å². The van der Waals surface area contributed by atoms with E-state index in [-0.39, 0.29) is 23.7 Å². The zero-order chi connectivity index (χ0) is 17.1. The van der Waals surface area contributed by atoms with Gasteiger partial charge in [0.15, 0.2) is 0 Å². The molecule has 2 amide bonds. The smallest absolute Gasteiger partial charge is 0.228 e. The molecule has 4 nitrogen and oxygen atoms in total. The number of hydrogen-bond donors (Lipinski definition) is 2. The lowest BCUT2D eigenvalue weighted by atomic mass is 10.1. The van der Waals surface area contributed by atoms with Crippen molar-refractivity contribution in [1.29, 1.82) is 0 Å². The number of carbonyl (C=O) groups excluding carboxylic acids is 2. The van der Waals surface area contributed by atoms with Crippen LogP contribution in [0.4, 0.5) is 5.69 Å². The van der Waals surface area contributed by atoms with Gasteiger partial charge < -0.3 is 10.6 Å². The van der Waals surface area contributed by atoms with E-state index < -0.39 is 0 Å². The molecule has 1 aliphatic rings. The molecule has 0 aromatic heterocycles. The first kappa shape index (κ1) is 16.5. The first-order chi connectivity index (χ1) is 11.5. The van der Waals surface area contributed by atoms with Crippen molar-refractivity contribution in [3.05, 3.63) is 64.7 Å². The van der Waals surface area contributed by atoms with Crippen molar-refractivity contribution >= 4 is 29.1 Å². The zero-order valence-corrected chi connectivity index (χ0v) is 14.1. The Morgan fingerprint density at radius 3 is 2.29 bits per heavy atom. The van der Waals surface area contributed by atoms with Crippen LogP contribution in [-0.2, 0) is 16.1 Å². The lowest BCUT2D eigenvalue weighted by Crippen LogP contribution is -2.27. The van der Waals surface area contributed by atoms with E-state index in [1.54, 1.807) is 24.3 Å². The normalized spacial score (nSPS) is 18.8. The molecule has 5 heteroatoms. The fourth-order valence-corrected chi connectivity index (χ4v) is 2.69. The highest BCUT2D eigenvalue weighted by Crippen LogP contribution is 2.39. The second-order valence-corrected chi connectivity index (χ2v) is 6.58. The van der Waals surface area contributed by atoms with E-state index in [0.717, 1.165) is 5.56 Å². The van der Waals surface area contributed by atoms with Gasteiger partial charge in [0.1, 0.15) is 0 Å². The van der Waals surface area contributed by atoms with Gasteiger partial charge in [-0.1, -0.05) is 41.4 Å². The maximum atomic E-state index is 12.2. The largest absolute Gasteiger partial charge is 0.352 e. The predicted molar refractivity (Wildman–Crippen MR) is 94.7 cm³/mol. The standard InChI is InChI=1S/C19H19ClN2O2/c1-12-2-4-13(5-3-12)11-21-18(23)16-10-17(16)19(24)22-15-8-6-14(20)7-9-15/h2-9,16-17H,10-11H2,1H3,(H,21,23)(H,22,24). The average molecular weight is 343 g/mol. The first-order valence-electron chi connectivity index (χ1n) is 7.92. The summed E-state index contributed by atoms with van der Waals surface area (Å²) >= 11 is 5.82. The van der Waals surface area contributed by atoms with Crippen molar-refractivity contribution in [2.75, 3.05) is 5.32 Å². The number of carbonyl (C=O) groups is 2. The maximum Gasteiger partial charge on any atom is 0.228 e. The molecule has 0 radical (unpaired) electrons. The number of aryl methyl sites for hydroxylation is 1. The number of halogens is 1. The van der Waals surface area contributed by atoms with Gasteiger partial charge in [0.2, 0.25) is 11.8 Å². The molecule has 3 rings (SSSR count). The summed E-state index contributed by atoms with van der Waals surface area (Å²) in [5.74, 6) is -0.666. The molecule has 2 atom stereocenters. The Balaban J connectivity index is 1.47. The fourth-order valence-electron chi connectivity index (χ4n) is 2.57. The number of anilines is 1. The molecule has 0 bridgehead atoms. The molecule has 124 valence electrons. The molecule has 0 saturated heterocycles. The van der Waals surface area contributed by atoms with E-state index in [2.05, 4.69) is 10.6 Å². The summed E-state index contributed by atoms with van der Waals surface area (Å²) in [5.41, 5.74) is 2.93. The van der Waals surface area contributed by atoms with Crippen LogP contribution < -0.4 is 10.6 Å².